The lowest BCUT2D eigenvalue weighted by atomic mass is 10.1. The monoisotopic (exact) mass is 275 g/mol. The summed E-state index contributed by atoms with van der Waals surface area (Å²) in [4.78, 5) is 14.5. The maximum atomic E-state index is 12.6. The number of nitrogens with zero attached hydrogens (tertiary/aromatic N) is 1. The highest BCUT2D eigenvalue weighted by Gasteiger charge is 2.29. The van der Waals surface area contributed by atoms with Crippen molar-refractivity contribution >= 4 is 5.91 Å². The number of para-hydroxylation sites is 1. The lowest BCUT2D eigenvalue weighted by molar-refractivity contribution is -0.139. The fourth-order valence-electron chi connectivity index (χ4n) is 2.85. The van der Waals surface area contributed by atoms with E-state index in [9.17, 15) is 4.79 Å². The molecule has 1 aliphatic rings. The maximum Gasteiger partial charge on any atom is 0.263 e. The number of hydrogen-bond donors (Lipinski definition) is 0. The van der Waals surface area contributed by atoms with Crippen LogP contribution >= 0.6 is 0 Å². The average molecular weight is 275 g/mol. The van der Waals surface area contributed by atoms with Crippen LogP contribution in [-0.2, 0) is 4.79 Å². The van der Waals surface area contributed by atoms with Crippen LogP contribution in [0.5, 0.6) is 5.75 Å². The Kier molecular flexibility index (Phi) is 5.05. The predicted molar refractivity (Wildman–Crippen MR) is 80.9 cm³/mol. The topological polar surface area (TPSA) is 29.5 Å². The molecule has 1 amide bonds. The average Bonchev–Trinajstić information content (AvgIpc) is 2.99. The summed E-state index contributed by atoms with van der Waals surface area (Å²) in [5.41, 5.74) is 1.07. The quantitative estimate of drug-likeness (QED) is 0.822. The van der Waals surface area contributed by atoms with Crippen molar-refractivity contribution in [3.8, 4) is 5.75 Å². The summed E-state index contributed by atoms with van der Waals surface area (Å²) >= 11 is 0. The van der Waals surface area contributed by atoms with Crippen molar-refractivity contribution in [1.82, 2.24) is 4.90 Å². The third-order valence-electron chi connectivity index (χ3n) is 4.23. The van der Waals surface area contributed by atoms with E-state index in [4.69, 9.17) is 4.74 Å². The van der Waals surface area contributed by atoms with Gasteiger partial charge in [-0.25, -0.2) is 0 Å². The Balaban J connectivity index is 2.03. The van der Waals surface area contributed by atoms with E-state index in [0.29, 0.717) is 12.5 Å². The zero-order valence-corrected chi connectivity index (χ0v) is 12.8. The lowest BCUT2D eigenvalue weighted by Crippen LogP contribution is -2.44. The summed E-state index contributed by atoms with van der Waals surface area (Å²) in [7, 11) is 1.92. The first kappa shape index (κ1) is 14.9. The van der Waals surface area contributed by atoms with Crippen molar-refractivity contribution in [3.63, 3.8) is 0 Å². The molecule has 1 aromatic carbocycles. The van der Waals surface area contributed by atoms with E-state index >= 15 is 0 Å². The molecule has 0 radical (unpaired) electrons. The molecule has 0 N–H and O–H groups in total. The Bertz CT molecular complexity index is 452. The minimum absolute atomic E-state index is 0.114. The highest BCUT2D eigenvalue weighted by atomic mass is 16.5. The van der Waals surface area contributed by atoms with E-state index in [-0.39, 0.29) is 12.0 Å². The molecule has 20 heavy (non-hydrogen) atoms. The van der Waals surface area contributed by atoms with Gasteiger partial charge in [-0.1, -0.05) is 38.0 Å². The SMILES string of the molecule is CC[C@H](Oc1ccccc1C)C(=O)N(C)C1CCCC1. The first-order valence-electron chi connectivity index (χ1n) is 7.62. The summed E-state index contributed by atoms with van der Waals surface area (Å²) in [5, 5.41) is 0. The molecule has 2 rings (SSSR count). The number of amides is 1. The Morgan fingerprint density at radius 3 is 2.60 bits per heavy atom. The first-order chi connectivity index (χ1) is 9.63. The number of carbonyl (C=O) groups excluding carboxylic acids is 1. The summed E-state index contributed by atoms with van der Waals surface area (Å²) in [6.07, 6.45) is 5.05. The fourth-order valence-corrected chi connectivity index (χ4v) is 2.85. The summed E-state index contributed by atoms with van der Waals surface area (Å²) in [5.74, 6) is 0.926. The second-order valence-electron chi connectivity index (χ2n) is 5.67. The Morgan fingerprint density at radius 1 is 1.35 bits per heavy atom. The maximum absolute atomic E-state index is 12.6. The molecule has 3 heteroatoms. The van der Waals surface area contributed by atoms with Crippen LogP contribution in [0.3, 0.4) is 0 Å². The number of hydrogen-bond acceptors (Lipinski definition) is 2. The van der Waals surface area contributed by atoms with Crippen LogP contribution in [0.1, 0.15) is 44.6 Å². The van der Waals surface area contributed by atoms with Gasteiger partial charge in [-0.3, -0.25) is 4.79 Å². The van der Waals surface area contributed by atoms with Crippen molar-refractivity contribution in [2.24, 2.45) is 0 Å². The van der Waals surface area contributed by atoms with Crippen molar-refractivity contribution in [1.29, 1.82) is 0 Å². The molecule has 1 saturated carbocycles. The minimum Gasteiger partial charge on any atom is -0.480 e. The number of ether oxygens (including phenoxy) is 1. The number of aryl methyl sites for hydroxylation is 1. The van der Waals surface area contributed by atoms with Gasteiger partial charge in [0.05, 0.1) is 0 Å². The van der Waals surface area contributed by atoms with Crippen LogP contribution in [0.25, 0.3) is 0 Å². The van der Waals surface area contributed by atoms with E-state index in [1.54, 1.807) is 0 Å². The summed E-state index contributed by atoms with van der Waals surface area (Å²) in [6, 6.07) is 8.26. The van der Waals surface area contributed by atoms with Crippen molar-refractivity contribution in [2.45, 2.75) is 58.1 Å². The van der Waals surface area contributed by atoms with Crippen LogP contribution in [0.15, 0.2) is 24.3 Å². The minimum atomic E-state index is -0.373. The number of likely N-dealkylation sites (N-methyl/N-ethyl adjacent to an activating group) is 1. The summed E-state index contributed by atoms with van der Waals surface area (Å²) in [6.45, 7) is 4.01. The lowest BCUT2D eigenvalue weighted by Gasteiger charge is -2.28. The molecule has 0 bridgehead atoms. The van der Waals surface area contributed by atoms with Gasteiger partial charge in [0.25, 0.3) is 5.91 Å². The molecular formula is C17H25NO2. The normalized spacial score (nSPS) is 16.9. The van der Waals surface area contributed by atoms with E-state index in [0.717, 1.165) is 24.2 Å². The van der Waals surface area contributed by atoms with Gasteiger partial charge in [0.1, 0.15) is 5.75 Å². The van der Waals surface area contributed by atoms with E-state index in [1.807, 2.05) is 50.1 Å². The van der Waals surface area contributed by atoms with Gasteiger partial charge in [0.2, 0.25) is 0 Å². The molecule has 1 fully saturated rings. The predicted octanol–water partition coefficient (Wildman–Crippen LogP) is 3.55. The van der Waals surface area contributed by atoms with Crippen molar-refractivity contribution in [2.75, 3.05) is 7.05 Å². The number of rotatable bonds is 5. The van der Waals surface area contributed by atoms with Crippen LogP contribution in [0, 0.1) is 6.92 Å². The van der Waals surface area contributed by atoms with Crippen LogP contribution in [-0.4, -0.2) is 30.0 Å². The largest absolute Gasteiger partial charge is 0.480 e. The molecule has 110 valence electrons. The molecule has 0 spiro atoms. The summed E-state index contributed by atoms with van der Waals surface area (Å²) < 4.78 is 5.95. The second kappa shape index (κ2) is 6.78. The molecule has 0 aromatic heterocycles. The van der Waals surface area contributed by atoms with E-state index in [1.165, 1.54) is 12.8 Å². The van der Waals surface area contributed by atoms with Crippen LogP contribution < -0.4 is 4.74 Å². The van der Waals surface area contributed by atoms with Gasteiger partial charge in [-0.2, -0.15) is 0 Å². The number of carbonyl (C=O) groups is 1. The highest BCUT2D eigenvalue weighted by molar-refractivity contribution is 5.81. The number of benzene rings is 1. The molecule has 0 heterocycles. The molecule has 1 aliphatic carbocycles. The Labute approximate surface area is 121 Å². The van der Waals surface area contributed by atoms with E-state index in [2.05, 4.69) is 0 Å². The fraction of sp³-hybridized carbons (Fsp3) is 0.588. The van der Waals surface area contributed by atoms with Crippen molar-refractivity contribution in [3.05, 3.63) is 29.8 Å². The first-order valence-corrected chi connectivity index (χ1v) is 7.62. The highest BCUT2D eigenvalue weighted by Crippen LogP contribution is 2.24. The molecular weight excluding hydrogens is 250 g/mol. The third-order valence-corrected chi connectivity index (χ3v) is 4.23. The third kappa shape index (κ3) is 3.33. The molecule has 1 aromatic rings. The van der Waals surface area contributed by atoms with Gasteiger partial charge >= 0.3 is 0 Å². The van der Waals surface area contributed by atoms with Crippen LogP contribution in [0.2, 0.25) is 0 Å². The molecule has 0 aliphatic heterocycles. The zero-order chi connectivity index (χ0) is 14.5. The van der Waals surface area contributed by atoms with Crippen LogP contribution in [0.4, 0.5) is 0 Å². The smallest absolute Gasteiger partial charge is 0.263 e. The van der Waals surface area contributed by atoms with Gasteiger partial charge in [-0.05, 0) is 37.8 Å². The molecule has 1 atom stereocenters. The van der Waals surface area contributed by atoms with E-state index < -0.39 is 0 Å². The van der Waals surface area contributed by atoms with Crippen molar-refractivity contribution < 1.29 is 9.53 Å². The second-order valence-corrected chi connectivity index (χ2v) is 5.67. The standard InChI is InChI=1S/C17H25NO2/c1-4-15(20-16-12-8-5-9-13(16)2)17(19)18(3)14-10-6-7-11-14/h5,8-9,12,14-15H,4,6-7,10-11H2,1-3H3/t15-/m0/s1. The molecule has 0 saturated heterocycles. The van der Waals surface area contributed by atoms with Gasteiger partial charge in [0.15, 0.2) is 6.10 Å². The zero-order valence-electron chi connectivity index (χ0n) is 12.8. The van der Waals surface area contributed by atoms with Gasteiger partial charge in [0, 0.05) is 13.1 Å². The Morgan fingerprint density at radius 2 is 2.00 bits per heavy atom. The molecule has 0 unspecified atom stereocenters. The van der Waals surface area contributed by atoms with Gasteiger partial charge < -0.3 is 9.64 Å². The van der Waals surface area contributed by atoms with Gasteiger partial charge in [-0.15, -0.1) is 0 Å². The molecule has 3 nitrogen and oxygen atoms in total. The Hall–Kier alpha value is -1.51.